The molecule has 0 aliphatic heterocycles. The molecule has 0 amide bonds. The molecule has 0 spiro atoms. The van der Waals surface area contributed by atoms with E-state index < -0.39 is 5.41 Å². The number of rotatable bonds is 12. The fourth-order valence-corrected chi connectivity index (χ4v) is 3.49. The maximum atomic E-state index is 12.2. The van der Waals surface area contributed by atoms with E-state index in [1.165, 1.54) is 25.3 Å². The number of benzene rings is 1. The molecule has 0 saturated heterocycles. The summed E-state index contributed by atoms with van der Waals surface area (Å²) in [6.07, 6.45) is 11.4. The third-order valence-electron chi connectivity index (χ3n) is 6.17. The van der Waals surface area contributed by atoms with Gasteiger partial charge in [-0.3, -0.25) is 4.79 Å². The summed E-state index contributed by atoms with van der Waals surface area (Å²) >= 11 is 0. The fraction of sp³-hybridized carbons (Fsp3) is 0.630. The summed E-state index contributed by atoms with van der Waals surface area (Å²) in [5.74, 6) is 0.367. The average molecular weight is 445 g/mol. The zero-order valence-corrected chi connectivity index (χ0v) is 20.2. The van der Waals surface area contributed by atoms with Crippen molar-refractivity contribution in [1.29, 1.82) is 0 Å². The van der Waals surface area contributed by atoms with E-state index in [-0.39, 0.29) is 24.1 Å². The summed E-state index contributed by atoms with van der Waals surface area (Å²) in [7, 11) is 0. The molecule has 1 aromatic rings. The second-order valence-corrected chi connectivity index (χ2v) is 9.29. The molecule has 1 aromatic carbocycles. The number of hydrogen-bond acceptors (Lipinski definition) is 5. The monoisotopic (exact) mass is 444 g/mol. The Labute approximate surface area is 193 Å². The van der Waals surface area contributed by atoms with Gasteiger partial charge in [-0.2, -0.15) is 0 Å². The number of ether oxygens (including phenoxy) is 3. The first kappa shape index (κ1) is 26.0. The lowest BCUT2D eigenvalue weighted by atomic mass is 9.90. The minimum absolute atomic E-state index is 0.0776. The Hall–Kier alpha value is -2.30. The molecule has 5 heteroatoms. The predicted octanol–water partition coefficient (Wildman–Crippen LogP) is 6.49. The van der Waals surface area contributed by atoms with Gasteiger partial charge < -0.3 is 14.2 Å². The van der Waals surface area contributed by atoms with Crippen molar-refractivity contribution in [3.8, 4) is 5.75 Å². The Morgan fingerprint density at radius 3 is 2.16 bits per heavy atom. The molecule has 0 heterocycles. The third kappa shape index (κ3) is 9.05. The molecule has 0 bridgehead atoms. The van der Waals surface area contributed by atoms with Crippen LogP contribution in [0.3, 0.4) is 0 Å². The van der Waals surface area contributed by atoms with Crippen LogP contribution in [0, 0.1) is 5.41 Å². The van der Waals surface area contributed by atoms with Crippen LogP contribution in [0.25, 0.3) is 6.08 Å². The Balaban J connectivity index is 1.69. The normalized spacial score (nSPS) is 19.0. The van der Waals surface area contributed by atoms with E-state index in [1.54, 1.807) is 6.08 Å². The van der Waals surface area contributed by atoms with Crippen molar-refractivity contribution in [3.05, 3.63) is 35.9 Å². The third-order valence-corrected chi connectivity index (χ3v) is 6.17. The Morgan fingerprint density at radius 1 is 0.938 bits per heavy atom. The summed E-state index contributed by atoms with van der Waals surface area (Å²) in [5.41, 5.74) is 0.474. The first-order chi connectivity index (χ1) is 15.3. The van der Waals surface area contributed by atoms with Gasteiger partial charge in [0.2, 0.25) is 0 Å². The second-order valence-electron chi connectivity index (χ2n) is 9.29. The molecule has 0 N–H and O–H groups in total. The summed E-state index contributed by atoms with van der Waals surface area (Å²) in [5, 5.41) is 0. The highest BCUT2D eigenvalue weighted by atomic mass is 16.6. The summed E-state index contributed by atoms with van der Waals surface area (Å²) in [6.45, 7) is 8.73. The maximum Gasteiger partial charge on any atom is 0.331 e. The van der Waals surface area contributed by atoms with Crippen LogP contribution in [0.2, 0.25) is 0 Å². The summed E-state index contributed by atoms with van der Waals surface area (Å²) in [4.78, 5) is 24.4. The van der Waals surface area contributed by atoms with Gasteiger partial charge in [0, 0.05) is 6.08 Å². The number of carbonyl (C=O) groups is 2. The van der Waals surface area contributed by atoms with Crippen LogP contribution in [0.1, 0.15) is 91.0 Å². The van der Waals surface area contributed by atoms with Crippen LogP contribution >= 0.6 is 0 Å². The standard InChI is InChI=1S/C27H40O5/c1-5-7-8-9-20-30-22-13-10-21(11-14-22)12-19-25(28)31-23-15-17-24(18-16-23)32-26(29)27(3,4)6-2/h10-14,19,23-24H,5-9,15-18,20H2,1-4H3/b19-12+/t23-,24-. The van der Waals surface area contributed by atoms with Crippen molar-refractivity contribution in [1.82, 2.24) is 0 Å². The molecule has 1 aliphatic carbocycles. The van der Waals surface area contributed by atoms with Gasteiger partial charge in [-0.25, -0.2) is 4.79 Å². The van der Waals surface area contributed by atoms with Crippen LogP contribution in [-0.4, -0.2) is 30.8 Å². The van der Waals surface area contributed by atoms with E-state index in [1.807, 2.05) is 45.0 Å². The van der Waals surface area contributed by atoms with Gasteiger partial charge in [-0.1, -0.05) is 45.2 Å². The Morgan fingerprint density at radius 2 is 1.56 bits per heavy atom. The lowest BCUT2D eigenvalue weighted by Crippen LogP contribution is -2.34. The molecule has 1 saturated carbocycles. The molecule has 178 valence electrons. The minimum atomic E-state index is -0.451. The molecule has 2 rings (SSSR count). The molecule has 1 aliphatic rings. The number of hydrogen-bond donors (Lipinski definition) is 0. The van der Waals surface area contributed by atoms with Crippen LogP contribution < -0.4 is 4.74 Å². The quantitative estimate of drug-likeness (QED) is 0.209. The largest absolute Gasteiger partial charge is 0.494 e. The van der Waals surface area contributed by atoms with Gasteiger partial charge in [0.15, 0.2) is 0 Å². The van der Waals surface area contributed by atoms with Gasteiger partial charge in [0.25, 0.3) is 0 Å². The van der Waals surface area contributed by atoms with Crippen LogP contribution in [0.4, 0.5) is 0 Å². The van der Waals surface area contributed by atoms with Gasteiger partial charge in [-0.15, -0.1) is 0 Å². The van der Waals surface area contributed by atoms with Crippen LogP contribution in [0.15, 0.2) is 30.3 Å². The molecule has 1 fully saturated rings. The van der Waals surface area contributed by atoms with E-state index >= 15 is 0 Å². The second kappa shape index (κ2) is 13.3. The smallest absolute Gasteiger partial charge is 0.331 e. The van der Waals surface area contributed by atoms with Crippen molar-refractivity contribution in [3.63, 3.8) is 0 Å². The fourth-order valence-electron chi connectivity index (χ4n) is 3.49. The van der Waals surface area contributed by atoms with E-state index in [2.05, 4.69) is 6.92 Å². The molecule has 32 heavy (non-hydrogen) atoms. The highest BCUT2D eigenvalue weighted by Gasteiger charge is 2.32. The summed E-state index contributed by atoms with van der Waals surface area (Å²) < 4.78 is 17.0. The highest BCUT2D eigenvalue weighted by molar-refractivity contribution is 5.87. The molecular weight excluding hydrogens is 404 g/mol. The Kier molecular flexibility index (Phi) is 10.8. The lowest BCUT2D eigenvalue weighted by molar-refractivity contribution is -0.164. The SMILES string of the molecule is CCCCCCOc1ccc(/C=C/C(=O)O[C@H]2CC[C@H](OC(=O)C(C)(C)CC)CC2)cc1. The van der Waals surface area contributed by atoms with Gasteiger partial charge >= 0.3 is 11.9 Å². The lowest BCUT2D eigenvalue weighted by Gasteiger charge is -2.30. The first-order valence-electron chi connectivity index (χ1n) is 12.2. The molecule has 0 aromatic heterocycles. The van der Waals surface area contributed by atoms with E-state index in [4.69, 9.17) is 14.2 Å². The predicted molar refractivity (Wildman–Crippen MR) is 127 cm³/mol. The van der Waals surface area contributed by atoms with Crippen molar-refractivity contribution >= 4 is 18.0 Å². The van der Waals surface area contributed by atoms with E-state index in [9.17, 15) is 9.59 Å². The van der Waals surface area contributed by atoms with Crippen LogP contribution in [0.5, 0.6) is 5.75 Å². The molecule has 0 atom stereocenters. The topological polar surface area (TPSA) is 61.8 Å². The minimum Gasteiger partial charge on any atom is -0.494 e. The zero-order valence-electron chi connectivity index (χ0n) is 20.2. The van der Waals surface area contributed by atoms with Crippen molar-refractivity contribution in [2.75, 3.05) is 6.61 Å². The Bertz CT molecular complexity index is 727. The van der Waals surface area contributed by atoms with E-state index in [0.717, 1.165) is 43.6 Å². The zero-order chi connectivity index (χ0) is 23.4. The number of esters is 2. The first-order valence-corrected chi connectivity index (χ1v) is 12.2. The van der Waals surface area contributed by atoms with Crippen molar-refractivity contribution in [2.24, 2.45) is 5.41 Å². The molecule has 0 radical (unpaired) electrons. The highest BCUT2D eigenvalue weighted by Crippen LogP contribution is 2.28. The van der Waals surface area contributed by atoms with E-state index in [0.29, 0.717) is 12.8 Å². The van der Waals surface area contributed by atoms with Crippen molar-refractivity contribution < 1.29 is 23.8 Å². The average Bonchev–Trinajstić information content (AvgIpc) is 2.79. The van der Waals surface area contributed by atoms with Gasteiger partial charge in [-0.05, 0) is 76.1 Å². The molecule has 5 nitrogen and oxygen atoms in total. The van der Waals surface area contributed by atoms with Crippen LogP contribution in [-0.2, 0) is 19.1 Å². The van der Waals surface area contributed by atoms with Gasteiger partial charge in [0.05, 0.1) is 12.0 Å². The summed E-state index contributed by atoms with van der Waals surface area (Å²) in [6, 6.07) is 7.71. The van der Waals surface area contributed by atoms with Crippen molar-refractivity contribution in [2.45, 2.75) is 97.7 Å². The molecular formula is C27H40O5. The molecule has 0 unspecified atom stereocenters. The number of carbonyl (C=O) groups excluding carboxylic acids is 2. The maximum absolute atomic E-state index is 12.2. The number of unbranched alkanes of at least 4 members (excludes halogenated alkanes) is 3. The van der Waals surface area contributed by atoms with Gasteiger partial charge in [0.1, 0.15) is 18.0 Å².